The van der Waals surface area contributed by atoms with E-state index in [-0.39, 0.29) is 0 Å². The molecule has 1 aromatic heterocycles. The number of aromatic nitrogens is 2. The summed E-state index contributed by atoms with van der Waals surface area (Å²) in [5.41, 5.74) is 1.07. The number of halogens is 1. The zero-order valence-electron chi connectivity index (χ0n) is 11.2. The van der Waals surface area contributed by atoms with Crippen molar-refractivity contribution in [2.24, 2.45) is 0 Å². The van der Waals surface area contributed by atoms with Gasteiger partial charge in [0.2, 0.25) is 0 Å². The quantitative estimate of drug-likeness (QED) is 0.774. The highest BCUT2D eigenvalue weighted by Crippen LogP contribution is 2.14. The van der Waals surface area contributed by atoms with Crippen LogP contribution in [-0.4, -0.2) is 22.4 Å². The SMILES string of the molecule is CCCNC(CC)CCCn1ncc(Cl)c1C. The molecule has 1 unspecified atom stereocenters. The molecule has 0 aliphatic carbocycles. The van der Waals surface area contributed by atoms with Crippen LogP contribution in [0.15, 0.2) is 6.20 Å². The van der Waals surface area contributed by atoms with Crippen molar-refractivity contribution in [3.63, 3.8) is 0 Å². The molecule has 0 amide bonds. The van der Waals surface area contributed by atoms with E-state index >= 15 is 0 Å². The van der Waals surface area contributed by atoms with Gasteiger partial charge in [-0.1, -0.05) is 25.4 Å². The van der Waals surface area contributed by atoms with E-state index in [2.05, 4.69) is 24.3 Å². The largest absolute Gasteiger partial charge is 0.314 e. The number of aryl methyl sites for hydroxylation is 1. The molecule has 1 N–H and O–H groups in total. The normalized spacial score (nSPS) is 12.9. The van der Waals surface area contributed by atoms with Crippen molar-refractivity contribution in [1.29, 1.82) is 0 Å². The van der Waals surface area contributed by atoms with Gasteiger partial charge in [-0.05, 0) is 39.2 Å². The molecule has 0 saturated heterocycles. The maximum Gasteiger partial charge on any atom is 0.0814 e. The van der Waals surface area contributed by atoms with Crippen LogP contribution in [0.5, 0.6) is 0 Å². The fourth-order valence-corrected chi connectivity index (χ4v) is 2.08. The minimum atomic E-state index is 0.640. The zero-order valence-corrected chi connectivity index (χ0v) is 11.9. The highest BCUT2D eigenvalue weighted by atomic mass is 35.5. The van der Waals surface area contributed by atoms with E-state index in [1.807, 2.05) is 11.6 Å². The molecule has 1 heterocycles. The van der Waals surface area contributed by atoms with Gasteiger partial charge in [-0.2, -0.15) is 5.10 Å². The molecule has 0 bridgehead atoms. The molecule has 1 aromatic rings. The number of hydrogen-bond donors (Lipinski definition) is 1. The Labute approximate surface area is 110 Å². The Bertz CT molecular complexity index is 322. The van der Waals surface area contributed by atoms with Crippen molar-refractivity contribution < 1.29 is 0 Å². The molecule has 1 rings (SSSR count). The standard InChI is InChI=1S/C13H24ClN3/c1-4-8-15-12(5-2)7-6-9-17-11(3)13(14)10-16-17/h10,12,15H,4-9H2,1-3H3. The minimum absolute atomic E-state index is 0.640. The molecule has 3 nitrogen and oxygen atoms in total. The Morgan fingerprint density at radius 2 is 2.24 bits per heavy atom. The molecular formula is C13H24ClN3. The van der Waals surface area contributed by atoms with Gasteiger partial charge in [0.15, 0.2) is 0 Å². The monoisotopic (exact) mass is 257 g/mol. The van der Waals surface area contributed by atoms with Crippen molar-refractivity contribution in [2.45, 2.75) is 59.0 Å². The van der Waals surface area contributed by atoms with Crippen LogP contribution in [0.25, 0.3) is 0 Å². The van der Waals surface area contributed by atoms with Crippen molar-refractivity contribution >= 4 is 11.6 Å². The molecule has 4 heteroatoms. The number of hydrogen-bond acceptors (Lipinski definition) is 2. The van der Waals surface area contributed by atoms with Gasteiger partial charge in [-0.15, -0.1) is 0 Å². The topological polar surface area (TPSA) is 29.9 Å². The fraction of sp³-hybridized carbons (Fsp3) is 0.769. The van der Waals surface area contributed by atoms with Crippen LogP contribution in [0.2, 0.25) is 5.02 Å². The first-order chi connectivity index (χ1) is 8.19. The lowest BCUT2D eigenvalue weighted by Crippen LogP contribution is -2.29. The van der Waals surface area contributed by atoms with Gasteiger partial charge >= 0.3 is 0 Å². The molecule has 0 spiro atoms. The first kappa shape index (κ1) is 14.5. The maximum absolute atomic E-state index is 5.97. The maximum atomic E-state index is 5.97. The molecule has 0 radical (unpaired) electrons. The Kier molecular flexibility index (Phi) is 6.60. The Morgan fingerprint density at radius 3 is 2.76 bits per heavy atom. The third-order valence-electron chi connectivity index (χ3n) is 3.14. The Morgan fingerprint density at radius 1 is 1.47 bits per heavy atom. The lowest BCUT2D eigenvalue weighted by atomic mass is 10.1. The minimum Gasteiger partial charge on any atom is -0.314 e. The lowest BCUT2D eigenvalue weighted by Gasteiger charge is -2.16. The van der Waals surface area contributed by atoms with Gasteiger partial charge in [-0.25, -0.2) is 0 Å². The summed E-state index contributed by atoms with van der Waals surface area (Å²) in [5, 5.41) is 8.60. The smallest absolute Gasteiger partial charge is 0.0814 e. The summed E-state index contributed by atoms with van der Waals surface area (Å²) in [6.45, 7) is 8.54. The molecule has 0 aliphatic heterocycles. The van der Waals surface area contributed by atoms with Crippen molar-refractivity contribution in [1.82, 2.24) is 15.1 Å². The predicted molar refractivity (Wildman–Crippen MR) is 73.6 cm³/mol. The fourth-order valence-electron chi connectivity index (χ4n) is 1.94. The Hall–Kier alpha value is -0.540. The second-order valence-electron chi connectivity index (χ2n) is 4.50. The predicted octanol–water partition coefficient (Wildman–Crippen LogP) is 3.40. The van der Waals surface area contributed by atoms with Gasteiger partial charge < -0.3 is 5.32 Å². The molecule has 0 aromatic carbocycles. The molecular weight excluding hydrogens is 234 g/mol. The van der Waals surface area contributed by atoms with Crippen molar-refractivity contribution in [2.75, 3.05) is 6.54 Å². The second-order valence-corrected chi connectivity index (χ2v) is 4.91. The summed E-state index contributed by atoms with van der Waals surface area (Å²) < 4.78 is 1.99. The van der Waals surface area contributed by atoms with Gasteiger partial charge in [0.1, 0.15) is 0 Å². The Balaban J connectivity index is 2.28. The molecule has 0 fully saturated rings. The van der Waals surface area contributed by atoms with Gasteiger partial charge in [0.25, 0.3) is 0 Å². The molecule has 0 saturated carbocycles. The van der Waals surface area contributed by atoms with Crippen LogP contribution < -0.4 is 5.32 Å². The number of nitrogens with one attached hydrogen (secondary N) is 1. The van der Waals surface area contributed by atoms with Gasteiger partial charge in [0.05, 0.1) is 16.9 Å². The summed E-state index contributed by atoms with van der Waals surface area (Å²) in [4.78, 5) is 0. The van der Waals surface area contributed by atoms with Gasteiger partial charge in [0, 0.05) is 12.6 Å². The molecule has 17 heavy (non-hydrogen) atoms. The van der Waals surface area contributed by atoms with E-state index in [0.717, 1.165) is 30.2 Å². The molecule has 0 aliphatic rings. The van der Waals surface area contributed by atoms with E-state index < -0.39 is 0 Å². The lowest BCUT2D eigenvalue weighted by molar-refractivity contribution is 0.429. The van der Waals surface area contributed by atoms with Crippen LogP contribution in [0.4, 0.5) is 0 Å². The average Bonchev–Trinajstić information content (AvgIpc) is 2.65. The molecule has 98 valence electrons. The zero-order chi connectivity index (χ0) is 12.7. The summed E-state index contributed by atoms with van der Waals surface area (Å²) in [6.07, 6.45) is 6.47. The first-order valence-electron chi connectivity index (χ1n) is 6.60. The van der Waals surface area contributed by atoms with Crippen molar-refractivity contribution in [3.8, 4) is 0 Å². The third-order valence-corrected chi connectivity index (χ3v) is 3.51. The van der Waals surface area contributed by atoms with E-state index in [9.17, 15) is 0 Å². The number of rotatable bonds is 8. The summed E-state index contributed by atoms with van der Waals surface area (Å²) in [7, 11) is 0. The number of nitrogens with zero attached hydrogens (tertiary/aromatic N) is 2. The van der Waals surface area contributed by atoms with E-state index in [0.29, 0.717) is 6.04 Å². The van der Waals surface area contributed by atoms with Gasteiger partial charge in [-0.3, -0.25) is 4.68 Å². The van der Waals surface area contributed by atoms with Crippen LogP contribution in [0, 0.1) is 6.92 Å². The van der Waals surface area contributed by atoms with Crippen molar-refractivity contribution in [3.05, 3.63) is 16.9 Å². The van der Waals surface area contributed by atoms with Crippen LogP contribution in [0.1, 0.15) is 45.2 Å². The third kappa shape index (κ3) is 4.68. The van der Waals surface area contributed by atoms with Crippen LogP contribution >= 0.6 is 11.6 Å². The average molecular weight is 258 g/mol. The highest BCUT2D eigenvalue weighted by molar-refractivity contribution is 6.31. The van der Waals surface area contributed by atoms with E-state index in [1.54, 1.807) is 6.20 Å². The van der Waals surface area contributed by atoms with Crippen LogP contribution in [-0.2, 0) is 6.54 Å². The van der Waals surface area contributed by atoms with E-state index in [4.69, 9.17) is 11.6 Å². The highest BCUT2D eigenvalue weighted by Gasteiger charge is 2.07. The summed E-state index contributed by atoms with van der Waals surface area (Å²) >= 11 is 5.97. The summed E-state index contributed by atoms with van der Waals surface area (Å²) in [6, 6.07) is 0.640. The van der Waals surface area contributed by atoms with Crippen LogP contribution in [0.3, 0.4) is 0 Å². The first-order valence-corrected chi connectivity index (χ1v) is 6.98. The van der Waals surface area contributed by atoms with E-state index in [1.165, 1.54) is 19.3 Å². The summed E-state index contributed by atoms with van der Waals surface area (Å²) in [5.74, 6) is 0. The second kappa shape index (κ2) is 7.72. The molecule has 1 atom stereocenters.